The Hall–Kier alpha value is -3.06. The van der Waals surface area contributed by atoms with Gasteiger partial charge in [0.1, 0.15) is 0 Å². The van der Waals surface area contributed by atoms with Gasteiger partial charge in [-0.2, -0.15) is 0 Å². The van der Waals surface area contributed by atoms with E-state index in [1.165, 1.54) is 7.11 Å². The van der Waals surface area contributed by atoms with Crippen molar-refractivity contribution in [2.45, 2.75) is 31.6 Å². The number of dihydropyridines is 1. The Labute approximate surface area is 201 Å². The predicted molar refractivity (Wildman–Crippen MR) is 128 cm³/mol. The molecular formula is C26H26BrNO5. The van der Waals surface area contributed by atoms with E-state index in [4.69, 9.17) is 14.2 Å². The number of rotatable bonds is 5. The van der Waals surface area contributed by atoms with Crippen LogP contribution < -0.4 is 14.8 Å². The Morgan fingerprint density at radius 2 is 1.64 bits per heavy atom. The highest BCUT2D eigenvalue weighted by Gasteiger charge is 2.41. The van der Waals surface area contributed by atoms with E-state index in [9.17, 15) is 9.59 Å². The average Bonchev–Trinajstić information content (AvgIpc) is 2.82. The van der Waals surface area contributed by atoms with Crippen molar-refractivity contribution in [3.8, 4) is 11.5 Å². The van der Waals surface area contributed by atoms with E-state index >= 15 is 0 Å². The maximum Gasteiger partial charge on any atom is 0.336 e. The van der Waals surface area contributed by atoms with Gasteiger partial charge in [-0.05, 0) is 54.7 Å². The largest absolute Gasteiger partial charge is 0.493 e. The second-order valence-corrected chi connectivity index (χ2v) is 9.09. The number of halogens is 1. The number of methoxy groups -OCH3 is 3. The fourth-order valence-electron chi connectivity index (χ4n) is 4.75. The van der Waals surface area contributed by atoms with Gasteiger partial charge in [0.15, 0.2) is 17.3 Å². The number of hydrogen-bond acceptors (Lipinski definition) is 6. The molecule has 0 saturated carbocycles. The summed E-state index contributed by atoms with van der Waals surface area (Å²) in [7, 11) is 4.56. The summed E-state index contributed by atoms with van der Waals surface area (Å²) in [5.74, 6) is 0.383. The number of allylic oxidation sites excluding steroid dienone is 3. The van der Waals surface area contributed by atoms with Crippen molar-refractivity contribution in [2.24, 2.45) is 0 Å². The molecule has 0 spiro atoms. The molecule has 0 bridgehead atoms. The number of esters is 1. The number of carbonyl (C=O) groups excluding carboxylic acids is 2. The first-order valence-corrected chi connectivity index (χ1v) is 11.5. The van der Waals surface area contributed by atoms with Crippen molar-refractivity contribution < 1.29 is 23.8 Å². The van der Waals surface area contributed by atoms with Crippen LogP contribution in [0.5, 0.6) is 11.5 Å². The maximum absolute atomic E-state index is 13.6. The van der Waals surface area contributed by atoms with Crippen molar-refractivity contribution in [1.29, 1.82) is 0 Å². The lowest BCUT2D eigenvalue weighted by Crippen LogP contribution is -2.36. The van der Waals surface area contributed by atoms with Crippen molar-refractivity contribution in [3.05, 3.63) is 80.6 Å². The fourth-order valence-corrected chi connectivity index (χ4v) is 5.01. The lowest BCUT2D eigenvalue weighted by atomic mass is 9.71. The van der Waals surface area contributed by atoms with Crippen molar-refractivity contribution in [3.63, 3.8) is 0 Å². The van der Waals surface area contributed by atoms with Crippen LogP contribution in [0.15, 0.2) is 69.5 Å². The monoisotopic (exact) mass is 511 g/mol. The number of carbonyl (C=O) groups is 2. The number of hydrogen-bond donors (Lipinski definition) is 1. The van der Waals surface area contributed by atoms with Gasteiger partial charge in [0.05, 0.1) is 26.9 Å². The summed E-state index contributed by atoms with van der Waals surface area (Å²) in [4.78, 5) is 26.3. The van der Waals surface area contributed by atoms with E-state index in [1.54, 1.807) is 14.2 Å². The third-order valence-electron chi connectivity index (χ3n) is 6.32. The topological polar surface area (TPSA) is 73.9 Å². The lowest BCUT2D eigenvalue weighted by Gasteiger charge is -2.36. The van der Waals surface area contributed by atoms with E-state index < -0.39 is 11.9 Å². The number of Topliss-reactive ketones (excluding diaryl/α,β-unsaturated/α-hetero) is 1. The van der Waals surface area contributed by atoms with Crippen LogP contribution in [0.1, 0.15) is 42.7 Å². The Morgan fingerprint density at radius 1 is 0.970 bits per heavy atom. The smallest absolute Gasteiger partial charge is 0.336 e. The summed E-state index contributed by atoms with van der Waals surface area (Å²) < 4.78 is 16.8. The maximum atomic E-state index is 13.6. The van der Waals surface area contributed by atoms with Crippen LogP contribution in [0.4, 0.5) is 0 Å². The van der Waals surface area contributed by atoms with Crippen LogP contribution in [0.2, 0.25) is 0 Å². The Kier molecular flexibility index (Phi) is 6.61. The van der Waals surface area contributed by atoms with Gasteiger partial charge in [-0.3, -0.25) is 4.79 Å². The highest BCUT2D eigenvalue weighted by atomic mass is 79.9. The molecule has 0 amide bonds. The van der Waals surface area contributed by atoms with Gasteiger partial charge in [-0.15, -0.1) is 0 Å². The molecule has 1 N–H and O–H groups in total. The van der Waals surface area contributed by atoms with Crippen molar-refractivity contribution >= 4 is 27.7 Å². The molecule has 0 saturated heterocycles. The Bertz CT molecular complexity index is 1170. The predicted octanol–water partition coefficient (Wildman–Crippen LogP) is 5.00. The summed E-state index contributed by atoms with van der Waals surface area (Å²) in [6, 6.07) is 13.5. The van der Waals surface area contributed by atoms with Crippen LogP contribution in [-0.4, -0.2) is 33.1 Å². The molecule has 0 aromatic heterocycles. The molecule has 1 aliphatic heterocycles. The third-order valence-corrected chi connectivity index (χ3v) is 6.84. The molecule has 7 heteroatoms. The Balaban J connectivity index is 1.77. The zero-order valence-electron chi connectivity index (χ0n) is 19.0. The first-order valence-electron chi connectivity index (χ1n) is 10.7. The first-order chi connectivity index (χ1) is 15.9. The summed E-state index contributed by atoms with van der Waals surface area (Å²) >= 11 is 3.46. The molecule has 0 fully saturated rings. The minimum atomic E-state index is -0.472. The molecule has 2 aliphatic rings. The van der Waals surface area contributed by atoms with Crippen LogP contribution >= 0.6 is 15.9 Å². The second-order valence-electron chi connectivity index (χ2n) is 8.17. The SMILES string of the molecule is COC(=O)C1=C(C)NC2=C(C(=O)C[C@@H](c3ccc(OC)c(OC)c3)C2)[C@@H]1c1ccc(Br)cc1. The fraction of sp³-hybridized carbons (Fsp3) is 0.308. The summed E-state index contributed by atoms with van der Waals surface area (Å²) in [6.07, 6.45) is 0.992. The molecule has 172 valence electrons. The molecule has 2 atom stereocenters. The van der Waals surface area contributed by atoms with E-state index in [2.05, 4.69) is 21.2 Å². The molecule has 2 aromatic carbocycles. The first kappa shape index (κ1) is 23.1. The molecule has 2 aromatic rings. The van der Waals surface area contributed by atoms with E-state index in [0.717, 1.165) is 21.3 Å². The summed E-state index contributed by atoms with van der Waals surface area (Å²) in [6.45, 7) is 1.85. The van der Waals surface area contributed by atoms with Crippen LogP contribution in [0.25, 0.3) is 0 Å². The molecule has 0 unspecified atom stereocenters. The van der Waals surface area contributed by atoms with Gasteiger partial charge in [0, 0.05) is 33.8 Å². The van der Waals surface area contributed by atoms with Gasteiger partial charge in [-0.25, -0.2) is 4.79 Å². The molecule has 0 radical (unpaired) electrons. The van der Waals surface area contributed by atoms with Crippen LogP contribution in [0.3, 0.4) is 0 Å². The molecule has 1 heterocycles. The van der Waals surface area contributed by atoms with Crippen molar-refractivity contribution in [2.75, 3.05) is 21.3 Å². The van der Waals surface area contributed by atoms with Crippen LogP contribution in [-0.2, 0) is 14.3 Å². The minimum absolute atomic E-state index is 0.0124. The highest BCUT2D eigenvalue weighted by molar-refractivity contribution is 9.10. The normalized spacial score (nSPS) is 20.2. The molecule has 1 aliphatic carbocycles. The summed E-state index contributed by atoms with van der Waals surface area (Å²) in [5.41, 5.74) is 4.55. The zero-order valence-corrected chi connectivity index (χ0v) is 20.6. The number of ether oxygens (including phenoxy) is 3. The van der Waals surface area contributed by atoms with E-state index in [-0.39, 0.29) is 11.7 Å². The second kappa shape index (κ2) is 9.43. The number of benzene rings is 2. The Morgan fingerprint density at radius 3 is 2.27 bits per heavy atom. The molecule has 33 heavy (non-hydrogen) atoms. The summed E-state index contributed by atoms with van der Waals surface area (Å²) in [5, 5.41) is 3.35. The van der Waals surface area contributed by atoms with Gasteiger partial charge < -0.3 is 19.5 Å². The molecule has 6 nitrogen and oxygen atoms in total. The standard InChI is InChI=1S/C26H26BrNO5/c1-14-23(26(30)33-4)24(15-5-8-18(27)9-6-15)25-19(28-14)11-17(12-20(25)29)16-7-10-21(31-2)22(13-16)32-3/h5-10,13,17,24,28H,11-12H2,1-4H3/t17-,24+/m0/s1. The van der Waals surface area contributed by atoms with Crippen LogP contribution in [0, 0.1) is 0 Å². The van der Waals surface area contributed by atoms with Gasteiger partial charge >= 0.3 is 5.97 Å². The van der Waals surface area contributed by atoms with E-state index in [0.29, 0.717) is 41.2 Å². The van der Waals surface area contributed by atoms with E-state index in [1.807, 2.05) is 49.4 Å². The van der Waals surface area contributed by atoms with Gasteiger partial charge in [0.25, 0.3) is 0 Å². The molecule has 4 rings (SSSR count). The third kappa shape index (κ3) is 4.29. The van der Waals surface area contributed by atoms with Crippen molar-refractivity contribution in [1.82, 2.24) is 5.32 Å². The zero-order chi connectivity index (χ0) is 23.7. The minimum Gasteiger partial charge on any atom is -0.493 e. The highest BCUT2D eigenvalue weighted by Crippen LogP contribution is 2.46. The lowest BCUT2D eigenvalue weighted by molar-refractivity contribution is -0.136. The van der Waals surface area contributed by atoms with Gasteiger partial charge in [-0.1, -0.05) is 34.1 Å². The number of ketones is 1. The number of nitrogens with one attached hydrogen (secondary N) is 1. The quantitative estimate of drug-likeness (QED) is 0.569. The molecular weight excluding hydrogens is 486 g/mol. The average molecular weight is 512 g/mol. The van der Waals surface area contributed by atoms with Gasteiger partial charge in [0.2, 0.25) is 0 Å².